The van der Waals surface area contributed by atoms with Gasteiger partial charge in [0.1, 0.15) is 0 Å². The molecule has 0 aliphatic heterocycles. The molecule has 0 spiro atoms. The average Bonchev–Trinajstić information content (AvgIpc) is 3.32. The summed E-state index contributed by atoms with van der Waals surface area (Å²) in [6, 6.07) is 25.7. The summed E-state index contributed by atoms with van der Waals surface area (Å²) < 4.78 is 14.7. The molecule has 0 fully saturated rings. The van der Waals surface area contributed by atoms with Gasteiger partial charge in [0.05, 0.1) is 29.1 Å². The SMILES string of the molecule is CCOc1cc(/C=N/NC(=O)c2ccc(-n3c(C)ccc3-c3ccccc3)cc2)cc(Br)c1O[C@H](C)CC. The van der Waals surface area contributed by atoms with Gasteiger partial charge in [-0.15, -0.1) is 0 Å². The summed E-state index contributed by atoms with van der Waals surface area (Å²) in [4.78, 5) is 12.7. The molecule has 0 radical (unpaired) electrons. The Morgan fingerprint density at radius 3 is 2.47 bits per heavy atom. The van der Waals surface area contributed by atoms with Crippen LogP contribution < -0.4 is 14.9 Å². The van der Waals surface area contributed by atoms with Crippen molar-refractivity contribution < 1.29 is 14.3 Å². The summed E-state index contributed by atoms with van der Waals surface area (Å²) in [7, 11) is 0. The molecule has 1 atom stereocenters. The lowest BCUT2D eigenvalue weighted by atomic mass is 10.1. The molecule has 0 saturated heterocycles. The van der Waals surface area contributed by atoms with Crippen molar-refractivity contribution >= 4 is 28.1 Å². The molecule has 1 N–H and O–H groups in total. The van der Waals surface area contributed by atoms with Crippen LogP contribution in [-0.4, -0.2) is 29.4 Å². The quantitative estimate of drug-likeness (QED) is 0.157. The summed E-state index contributed by atoms with van der Waals surface area (Å²) >= 11 is 3.58. The Morgan fingerprint density at radius 1 is 1.05 bits per heavy atom. The third-order valence-corrected chi connectivity index (χ3v) is 6.73. The molecule has 3 aromatic carbocycles. The van der Waals surface area contributed by atoms with E-state index in [-0.39, 0.29) is 12.0 Å². The number of rotatable bonds is 10. The largest absolute Gasteiger partial charge is 0.490 e. The minimum absolute atomic E-state index is 0.0575. The van der Waals surface area contributed by atoms with Gasteiger partial charge in [-0.05, 0) is 103 Å². The molecule has 0 saturated carbocycles. The lowest BCUT2D eigenvalue weighted by molar-refractivity contribution is 0.0955. The topological polar surface area (TPSA) is 64.8 Å². The Bertz CT molecular complexity index is 1410. The number of aromatic nitrogens is 1. The Kier molecular flexibility index (Phi) is 9.02. The fraction of sp³-hybridized carbons (Fsp3) is 0.226. The first-order valence-corrected chi connectivity index (χ1v) is 13.5. The molecular formula is C31H32BrN3O3. The predicted molar refractivity (Wildman–Crippen MR) is 157 cm³/mol. The minimum atomic E-state index is -0.291. The second kappa shape index (κ2) is 12.6. The van der Waals surface area contributed by atoms with E-state index < -0.39 is 0 Å². The van der Waals surface area contributed by atoms with Crippen LogP contribution in [0.5, 0.6) is 11.5 Å². The van der Waals surface area contributed by atoms with Crippen LogP contribution in [-0.2, 0) is 0 Å². The number of ether oxygens (including phenoxy) is 2. The molecule has 1 amide bonds. The second-order valence-corrected chi connectivity index (χ2v) is 9.76. The molecular weight excluding hydrogens is 542 g/mol. The minimum Gasteiger partial charge on any atom is -0.490 e. The van der Waals surface area contributed by atoms with Gasteiger partial charge in [0.15, 0.2) is 11.5 Å². The normalized spacial score (nSPS) is 11.9. The zero-order chi connectivity index (χ0) is 27.1. The average molecular weight is 575 g/mol. The molecule has 1 aromatic heterocycles. The highest BCUT2D eigenvalue weighted by atomic mass is 79.9. The number of nitrogens with zero attached hydrogens (tertiary/aromatic N) is 2. The number of aryl methyl sites for hydroxylation is 1. The van der Waals surface area contributed by atoms with E-state index in [2.05, 4.69) is 69.1 Å². The maximum Gasteiger partial charge on any atom is 0.271 e. The van der Waals surface area contributed by atoms with E-state index in [9.17, 15) is 4.79 Å². The van der Waals surface area contributed by atoms with E-state index in [0.717, 1.165) is 39.1 Å². The number of amides is 1. The van der Waals surface area contributed by atoms with Gasteiger partial charge in [-0.1, -0.05) is 37.3 Å². The third-order valence-electron chi connectivity index (χ3n) is 6.14. The maximum absolute atomic E-state index is 12.7. The molecule has 4 aromatic rings. The molecule has 4 rings (SSSR count). The monoisotopic (exact) mass is 573 g/mol. The highest BCUT2D eigenvalue weighted by Gasteiger charge is 2.15. The van der Waals surface area contributed by atoms with Gasteiger partial charge in [0, 0.05) is 16.9 Å². The molecule has 196 valence electrons. The fourth-order valence-electron chi connectivity index (χ4n) is 4.03. The molecule has 7 heteroatoms. The zero-order valence-corrected chi connectivity index (χ0v) is 23.7. The summed E-state index contributed by atoms with van der Waals surface area (Å²) in [5.74, 6) is 0.998. The Hall–Kier alpha value is -3.84. The third kappa shape index (κ3) is 6.34. The number of halogens is 1. The lowest BCUT2D eigenvalue weighted by Crippen LogP contribution is -2.17. The van der Waals surface area contributed by atoms with Gasteiger partial charge in [-0.3, -0.25) is 4.79 Å². The smallest absolute Gasteiger partial charge is 0.271 e. The fourth-order valence-corrected chi connectivity index (χ4v) is 4.58. The van der Waals surface area contributed by atoms with Crippen molar-refractivity contribution in [2.75, 3.05) is 6.61 Å². The number of hydrogen-bond acceptors (Lipinski definition) is 4. The van der Waals surface area contributed by atoms with Crippen molar-refractivity contribution in [3.05, 3.63) is 100 Å². The van der Waals surface area contributed by atoms with Crippen molar-refractivity contribution in [2.24, 2.45) is 5.10 Å². The standard InChI is InChI=1S/C31H32BrN3O3/c1-5-22(4)38-30-27(32)18-23(19-29(30)37-6-2)20-33-34-31(36)25-13-15-26(16-14-25)35-21(3)12-17-28(35)24-10-8-7-9-11-24/h7-20,22H,5-6H2,1-4H3,(H,34,36)/b33-20+/t22-/m1/s1. The van der Waals surface area contributed by atoms with Crippen LogP contribution in [0.15, 0.2) is 88.4 Å². The first-order valence-electron chi connectivity index (χ1n) is 12.7. The first-order chi connectivity index (χ1) is 18.4. The molecule has 1 heterocycles. The predicted octanol–water partition coefficient (Wildman–Crippen LogP) is 7.56. The number of carbonyl (C=O) groups is 1. The van der Waals surface area contributed by atoms with Crippen molar-refractivity contribution in [2.45, 2.75) is 40.2 Å². The van der Waals surface area contributed by atoms with E-state index in [1.165, 1.54) is 0 Å². The molecule has 0 aliphatic carbocycles. The number of hydrogen-bond donors (Lipinski definition) is 1. The van der Waals surface area contributed by atoms with Crippen LogP contribution in [0.3, 0.4) is 0 Å². The highest BCUT2D eigenvalue weighted by molar-refractivity contribution is 9.10. The van der Waals surface area contributed by atoms with Crippen LogP contribution >= 0.6 is 15.9 Å². The van der Waals surface area contributed by atoms with Crippen LogP contribution in [0.2, 0.25) is 0 Å². The Labute approximate surface area is 232 Å². The number of benzene rings is 3. The van der Waals surface area contributed by atoms with Crippen LogP contribution in [0.25, 0.3) is 16.9 Å². The van der Waals surface area contributed by atoms with Gasteiger partial charge in [0.25, 0.3) is 5.91 Å². The van der Waals surface area contributed by atoms with E-state index >= 15 is 0 Å². The van der Waals surface area contributed by atoms with Crippen molar-refractivity contribution in [3.63, 3.8) is 0 Å². The van der Waals surface area contributed by atoms with Gasteiger partial charge in [0.2, 0.25) is 0 Å². The number of carbonyl (C=O) groups excluding carboxylic acids is 1. The van der Waals surface area contributed by atoms with Gasteiger partial charge < -0.3 is 14.0 Å². The van der Waals surface area contributed by atoms with E-state index in [0.29, 0.717) is 23.7 Å². The van der Waals surface area contributed by atoms with Crippen molar-refractivity contribution in [1.29, 1.82) is 0 Å². The van der Waals surface area contributed by atoms with E-state index in [4.69, 9.17) is 9.47 Å². The van der Waals surface area contributed by atoms with Crippen LogP contribution in [0.1, 0.15) is 48.8 Å². The number of hydrazone groups is 1. The first kappa shape index (κ1) is 27.2. The van der Waals surface area contributed by atoms with Crippen molar-refractivity contribution in [3.8, 4) is 28.4 Å². The molecule has 0 bridgehead atoms. The molecule has 38 heavy (non-hydrogen) atoms. The summed E-state index contributed by atoms with van der Waals surface area (Å²) in [6.45, 7) is 8.58. The van der Waals surface area contributed by atoms with Gasteiger partial charge in [-0.2, -0.15) is 5.10 Å². The van der Waals surface area contributed by atoms with Gasteiger partial charge >= 0.3 is 0 Å². The second-order valence-electron chi connectivity index (χ2n) is 8.91. The summed E-state index contributed by atoms with van der Waals surface area (Å²) in [5.41, 5.74) is 8.23. The van der Waals surface area contributed by atoms with Crippen LogP contribution in [0.4, 0.5) is 0 Å². The number of nitrogens with one attached hydrogen (secondary N) is 1. The van der Waals surface area contributed by atoms with E-state index in [1.54, 1.807) is 18.3 Å². The molecule has 0 unspecified atom stereocenters. The van der Waals surface area contributed by atoms with Crippen molar-refractivity contribution in [1.82, 2.24) is 9.99 Å². The lowest BCUT2D eigenvalue weighted by Gasteiger charge is -2.18. The Balaban J connectivity index is 1.47. The molecule has 0 aliphatic rings. The van der Waals surface area contributed by atoms with Gasteiger partial charge in [-0.25, -0.2) is 5.43 Å². The summed E-state index contributed by atoms with van der Waals surface area (Å²) in [6.07, 6.45) is 2.53. The zero-order valence-electron chi connectivity index (χ0n) is 22.1. The highest BCUT2D eigenvalue weighted by Crippen LogP contribution is 2.37. The molecule has 6 nitrogen and oxygen atoms in total. The van der Waals surface area contributed by atoms with Crippen LogP contribution in [0, 0.1) is 6.92 Å². The summed E-state index contributed by atoms with van der Waals surface area (Å²) in [5, 5.41) is 4.16. The maximum atomic E-state index is 12.7. The Morgan fingerprint density at radius 2 is 1.79 bits per heavy atom. The van der Waals surface area contributed by atoms with E-state index in [1.807, 2.05) is 56.3 Å².